The maximum absolute atomic E-state index is 12.3. The van der Waals surface area contributed by atoms with Crippen LogP contribution in [0.2, 0.25) is 0 Å². The molecule has 0 fully saturated rings. The van der Waals surface area contributed by atoms with Gasteiger partial charge in [0, 0.05) is 17.2 Å². The maximum atomic E-state index is 12.3. The molecule has 144 valence electrons. The number of amides is 1. The predicted octanol–water partition coefficient (Wildman–Crippen LogP) is 2.59. The molecule has 1 N–H and O–H groups in total. The second-order valence-electron chi connectivity index (χ2n) is 5.57. The number of hydrogen-bond acceptors (Lipinski definition) is 8. The van der Waals surface area contributed by atoms with Crippen molar-refractivity contribution in [1.29, 1.82) is 0 Å². The molecule has 0 saturated carbocycles. The molecular formula is C18H16N4O6. The standard InChI is InChI=1S/C18H16N4O6/c1-26-13-6-3-11(4-7-13)17-20-16(28-21-17)10-19-18(23)12-5-8-15(27-2)14(9-12)22(24)25/h3-9H,10H2,1-2H3,(H,19,23). The summed E-state index contributed by atoms with van der Waals surface area (Å²) in [4.78, 5) is 26.9. The van der Waals surface area contributed by atoms with E-state index in [1.807, 2.05) is 0 Å². The van der Waals surface area contributed by atoms with Crippen LogP contribution in [0.3, 0.4) is 0 Å². The summed E-state index contributed by atoms with van der Waals surface area (Å²) in [5.74, 6) is 0.819. The number of hydrogen-bond donors (Lipinski definition) is 1. The van der Waals surface area contributed by atoms with E-state index in [2.05, 4.69) is 15.5 Å². The third-order valence-electron chi connectivity index (χ3n) is 3.85. The maximum Gasteiger partial charge on any atom is 0.311 e. The zero-order valence-electron chi connectivity index (χ0n) is 15.0. The van der Waals surface area contributed by atoms with E-state index in [0.29, 0.717) is 11.6 Å². The van der Waals surface area contributed by atoms with Crippen LogP contribution in [0.1, 0.15) is 16.2 Å². The van der Waals surface area contributed by atoms with Crippen LogP contribution in [0.4, 0.5) is 5.69 Å². The van der Waals surface area contributed by atoms with Gasteiger partial charge in [-0.1, -0.05) is 5.16 Å². The molecule has 0 aliphatic rings. The Balaban J connectivity index is 1.67. The minimum absolute atomic E-state index is 0.0260. The lowest BCUT2D eigenvalue weighted by Gasteiger charge is -2.05. The van der Waals surface area contributed by atoms with E-state index < -0.39 is 10.8 Å². The Morgan fingerprint density at radius 2 is 1.93 bits per heavy atom. The van der Waals surface area contributed by atoms with E-state index in [1.165, 1.54) is 19.2 Å². The molecule has 1 heterocycles. The Morgan fingerprint density at radius 1 is 1.18 bits per heavy atom. The third kappa shape index (κ3) is 4.06. The fraction of sp³-hybridized carbons (Fsp3) is 0.167. The van der Waals surface area contributed by atoms with Gasteiger partial charge in [0.1, 0.15) is 5.75 Å². The van der Waals surface area contributed by atoms with Gasteiger partial charge in [0.2, 0.25) is 11.7 Å². The van der Waals surface area contributed by atoms with Crippen molar-refractivity contribution in [3.05, 3.63) is 64.0 Å². The lowest BCUT2D eigenvalue weighted by Crippen LogP contribution is -2.23. The Hall–Kier alpha value is -3.95. The fourth-order valence-electron chi connectivity index (χ4n) is 2.42. The molecule has 1 amide bonds. The summed E-state index contributed by atoms with van der Waals surface area (Å²) in [6.07, 6.45) is 0. The monoisotopic (exact) mass is 384 g/mol. The van der Waals surface area contributed by atoms with Gasteiger partial charge in [0.05, 0.1) is 25.7 Å². The van der Waals surface area contributed by atoms with Crippen LogP contribution in [0.5, 0.6) is 11.5 Å². The average Bonchev–Trinajstić information content (AvgIpc) is 3.20. The highest BCUT2D eigenvalue weighted by molar-refractivity contribution is 5.95. The van der Waals surface area contributed by atoms with Crippen molar-refractivity contribution in [2.75, 3.05) is 14.2 Å². The summed E-state index contributed by atoms with van der Waals surface area (Å²) < 4.78 is 15.1. The molecule has 0 bridgehead atoms. The molecule has 3 aromatic rings. The molecule has 28 heavy (non-hydrogen) atoms. The second kappa shape index (κ2) is 8.16. The lowest BCUT2D eigenvalue weighted by atomic mass is 10.1. The lowest BCUT2D eigenvalue weighted by molar-refractivity contribution is -0.385. The molecule has 0 spiro atoms. The molecule has 10 heteroatoms. The smallest absolute Gasteiger partial charge is 0.311 e. The van der Waals surface area contributed by atoms with Crippen molar-refractivity contribution in [2.45, 2.75) is 6.54 Å². The number of methoxy groups -OCH3 is 2. The quantitative estimate of drug-likeness (QED) is 0.486. The number of nitro groups is 1. The second-order valence-corrected chi connectivity index (χ2v) is 5.57. The van der Waals surface area contributed by atoms with Crippen molar-refractivity contribution < 1.29 is 23.7 Å². The molecule has 0 atom stereocenters. The Kier molecular flexibility index (Phi) is 5.49. The van der Waals surface area contributed by atoms with Crippen molar-refractivity contribution in [3.8, 4) is 22.9 Å². The number of carbonyl (C=O) groups is 1. The van der Waals surface area contributed by atoms with Crippen molar-refractivity contribution in [2.24, 2.45) is 0 Å². The van der Waals surface area contributed by atoms with Gasteiger partial charge in [-0.15, -0.1) is 0 Å². The Bertz CT molecular complexity index is 1000. The van der Waals surface area contributed by atoms with E-state index in [-0.39, 0.29) is 29.4 Å². The zero-order chi connectivity index (χ0) is 20.1. The molecule has 0 unspecified atom stereocenters. The summed E-state index contributed by atoms with van der Waals surface area (Å²) in [7, 11) is 2.89. The van der Waals surface area contributed by atoms with Crippen LogP contribution in [0.25, 0.3) is 11.4 Å². The number of rotatable bonds is 7. The van der Waals surface area contributed by atoms with E-state index >= 15 is 0 Å². The molecule has 0 aliphatic carbocycles. The number of nitrogens with zero attached hydrogens (tertiary/aromatic N) is 3. The molecule has 2 aromatic carbocycles. The van der Waals surface area contributed by atoms with Crippen molar-refractivity contribution in [3.63, 3.8) is 0 Å². The topological polar surface area (TPSA) is 130 Å². The van der Waals surface area contributed by atoms with Crippen LogP contribution in [-0.4, -0.2) is 35.2 Å². The Morgan fingerprint density at radius 3 is 2.57 bits per heavy atom. The molecule has 1 aromatic heterocycles. The number of nitro benzene ring substituents is 1. The third-order valence-corrected chi connectivity index (χ3v) is 3.85. The van der Waals surface area contributed by atoms with Gasteiger partial charge < -0.3 is 19.3 Å². The molecule has 10 nitrogen and oxygen atoms in total. The first-order chi connectivity index (χ1) is 13.5. The first kappa shape index (κ1) is 18.8. The number of ether oxygens (including phenoxy) is 2. The van der Waals surface area contributed by atoms with Gasteiger partial charge in [-0.05, 0) is 36.4 Å². The number of aromatic nitrogens is 2. The average molecular weight is 384 g/mol. The number of benzene rings is 2. The molecule has 0 radical (unpaired) electrons. The van der Waals surface area contributed by atoms with E-state index in [0.717, 1.165) is 11.6 Å². The highest BCUT2D eigenvalue weighted by Crippen LogP contribution is 2.27. The van der Waals surface area contributed by atoms with Gasteiger partial charge in [0.15, 0.2) is 5.75 Å². The molecule has 0 aliphatic heterocycles. The van der Waals surface area contributed by atoms with E-state index in [1.54, 1.807) is 31.4 Å². The number of carbonyl (C=O) groups excluding carboxylic acids is 1. The van der Waals surface area contributed by atoms with Crippen molar-refractivity contribution in [1.82, 2.24) is 15.5 Å². The zero-order valence-corrected chi connectivity index (χ0v) is 15.0. The fourth-order valence-corrected chi connectivity index (χ4v) is 2.42. The SMILES string of the molecule is COc1ccc(-c2noc(CNC(=O)c3ccc(OC)c([N+](=O)[O-])c3)n2)cc1. The van der Waals surface area contributed by atoms with Crippen LogP contribution in [-0.2, 0) is 6.54 Å². The summed E-state index contributed by atoms with van der Waals surface area (Å²) in [5, 5.41) is 17.5. The highest BCUT2D eigenvalue weighted by Gasteiger charge is 2.18. The van der Waals surface area contributed by atoms with Crippen molar-refractivity contribution >= 4 is 11.6 Å². The summed E-state index contributed by atoms with van der Waals surface area (Å²) in [5.41, 5.74) is 0.546. The first-order valence-electron chi connectivity index (χ1n) is 8.09. The minimum Gasteiger partial charge on any atom is -0.497 e. The van der Waals surface area contributed by atoms with Gasteiger partial charge in [-0.2, -0.15) is 4.98 Å². The minimum atomic E-state index is -0.616. The van der Waals surface area contributed by atoms with E-state index in [9.17, 15) is 14.9 Å². The van der Waals surface area contributed by atoms with Gasteiger partial charge in [0.25, 0.3) is 5.91 Å². The predicted molar refractivity (Wildman–Crippen MR) is 97.1 cm³/mol. The largest absolute Gasteiger partial charge is 0.497 e. The summed E-state index contributed by atoms with van der Waals surface area (Å²) >= 11 is 0. The van der Waals surface area contributed by atoms with Crippen LogP contribution in [0, 0.1) is 10.1 Å². The molecule has 0 saturated heterocycles. The highest BCUT2D eigenvalue weighted by atomic mass is 16.6. The van der Waals surface area contributed by atoms with Crippen LogP contribution < -0.4 is 14.8 Å². The van der Waals surface area contributed by atoms with Gasteiger partial charge in [-0.3, -0.25) is 14.9 Å². The normalized spacial score (nSPS) is 10.4. The van der Waals surface area contributed by atoms with Crippen LogP contribution in [0.15, 0.2) is 47.0 Å². The summed E-state index contributed by atoms with van der Waals surface area (Å²) in [6, 6.07) is 11.0. The molecule has 3 rings (SSSR count). The first-order valence-corrected chi connectivity index (χ1v) is 8.09. The number of nitrogens with one attached hydrogen (secondary N) is 1. The van der Waals surface area contributed by atoms with E-state index in [4.69, 9.17) is 14.0 Å². The molecular weight excluding hydrogens is 368 g/mol. The van der Waals surface area contributed by atoms with Crippen LogP contribution >= 0.6 is 0 Å². The Labute approximate surface area is 159 Å². The summed E-state index contributed by atoms with van der Waals surface area (Å²) in [6.45, 7) is -0.0260. The van der Waals surface area contributed by atoms with Gasteiger partial charge >= 0.3 is 5.69 Å². The van der Waals surface area contributed by atoms with Gasteiger partial charge in [-0.25, -0.2) is 0 Å².